The number of halogens is 1. The van der Waals surface area contributed by atoms with E-state index < -0.39 is 11.6 Å². The lowest BCUT2D eigenvalue weighted by Crippen LogP contribution is -2.26. The molecule has 0 aliphatic heterocycles. The summed E-state index contributed by atoms with van der Waals surface area (Å²) in [6.07, 6.45) is 0. The number of aryl methyl sites for hydroxylation is 2. The van der Waals surface area contributed by atoms with Gasteiger partial charge in [-0.3, -0.25) is 0 Å². The molecule has 0 unspecified atom stereocenters. The second kappa shape index (κ2) is 4.56. The minimum Gasteiger partial charge on any atom is -0.455 e. The monoisotopic (exact) mass is 326 g/mol. The molecule has 2 aromatic heterocycles. The molecule has 0 saturated heterocycles. The largest absolute Gasteiger partial charge is 0.455 e. The Hall–Kier alpha value is -1.50. The number of fused-ring (bicyclic) bond motifs is 1. The zero-order valence-electron chi connectivity index (χ0n) is 11.5. The van der Waals surface area contributed by atoms with Gasteiger partial charge in [-0.25, -0.2) is 9.31 Å². The van der Waals surface area contributed by atoms with Gasteiger partial charge in [0.05, 0.1) is 15.9 Å². The fraction of sp³-hybridized carbons (Fsp3) is 0.500. The Morgan fingerprint density at radius 1 is 1.26 bits per heavy atom. The SMILES string of the molecule is Cc1nn2c(C)c(C(=O)OC(C)(C)C)nnc2c1Br. The maximum absolute atomic E-state index is 12.0. The normalized spacial score (nSPS) is 11.9. The number of rotatable bonds is 1. The minimum absolute atomic E-state index is 0.178. The Labute approximate surface area is 119 Å². The van der Waals surface area contributed by atoms with E-state index in [4.69, 9.17) is 4.74 Å². The molecule has 2 rings (SSSR count). The molecule has 2 heterocycles. The van der Waals surface area contributed by atoms with Gasteiger partial charge in [0.1, 0.15) is 5.60 Å². The van der Waals surface area contributed by atoms with E-state index in [2.05, 4.69) is 31.2 Å². The van der Waals surface area contributed by atoms with Crippen LogP contribution in [0.1, 0.15) is 42.6 Å². The molecule has 0 N–H and O–H groups in total. The van der Waals surface area contributed by atoms with Crippen molar-refractivity contribution in [2.45, 2.75) is 40.2 Å². The van der Waals surface area contributed by atoms with E-state index in [1.807, 2.05) is 6.92 Å². The molecule has 7 heteroatoms. The lowest BCUT2D eigenvalue weighted by molar-refractivity contribution is 0.00598. The van der Waals surface area contributed by atoms with Crippen molar-refractivity contribution in [3.05, 3.63) is 21.6 Å². The number of hydrogen-bond acceptors (Lipinski definition) is 5. The van der Waals surface area contributed by atoms with Crippen LogP contribution in [0.5, 0.6) is 0 Å². The highest BCUT2D eigenvalue weighted by Crippen LogP contribution is 2.22. The van der Waals surface area contributed by atoms with E-state index in [1.165, 1.54) is 0 Å². The Bertz CT molecular complexity index is 658. The molecule has 0 spiro atoms. The molecular weight excluding hydrogens is 312 g/mol. The van der Waals surface area contributed by atoms with Crippen molar-refractivity contribution >= 4 is 27.5 Å². The second-order valence-electron chi connectivity index (χ2n) is 5.27. The molecule has 0 aromatic carbocycles. The Morgan fingerprint density at radius 3 is 2.47 bits per heavy atom. The third kappa shape index (κ3) is 2.60. The quantitative estimate of drug-likeness (QED) is 0.753. The smallest absolute Gasteiger partial charge is 0.361 e. The Morgan fingerprint density at radius 2 is 1.89 bits per heavy atom. The van der Waals surface area contributed by atoms with E-state index in [9.17, 15) is 4.79 Å². The highest BCUT2D eigenvalue weighted by atomic mass is 79.9. The number of aromatic nitrogens is 4. The number of carbonyl (C=O) groups is 1. The number of hydrogen-bond donors (Lipinski definition) is 0. The number of esters is 1. The van der Waals surface area contributed by atoms with E-state index in [1.54, 1.807) is 32.2 Å². The van der Waals surface area contributed by atoms with Gasteiger partial charge in [0.15, 0.2) is 11.3 Å². The van der Waals surface area contributed by atoms with E-state index >= 15 is 0 Å². The maximum atomic E-state index is 12.0. The van der Waals surface area contributed by atoms with Gasteiger partial charge in [-0.15, -0.1) is 10.2 Å². The molecule has 0 aliphatic carbocycles. The zero-order chi connectivity index (χ0) is 14.4. The molecule has 0 atom stereocenters. The summed E-state index contributed by atoms with van der Waals surface area (Å²) in [5.74, 6) is -0.497. The minimum atomic E-state index is -0.569. The lowest BCUT2D eigenvalue weighted by Gasteiger charge is -2.19. The molecule has 0 aliphatic rings. The maximum Gasteiger partial charge on any atom is 0.361 e. The van der Waals surface area contributed by atoms with Crippen LogP contribution in [-0.2, 0) is 4.74 Å². The summed E-state index contributed by atoms with van der Waals surface area (Å²) in [4.78, 5) is 12.0. The predicted octanol–water partition coefficient (Wildman–Crippen LogP) is 2.46. The van der Waals surface area contributed by atoms with Crippen LogP contribution in [0.25, 0.3) is 5.65 Å². The molecule has 0 amide bonds. The molecule has 0 saturated carbocycles. The Kier molecular flexibility index (Phi) is 3.34. The highest BCUT2D eigenvalue weighted by molar-refractivity contribution is 9.10. The van der Waals surface area contributed by atoms with Crippen LogP contribution in [0, 0.1) is 13.8 Å². The van der Waals surface area contributed by atoms with Gasteiger partial charge in [0, 0.05) is 0 Å². The van der Waals surface area contributed by atoms with Crippen molar-refractivity contribution in [3.63, 3.8) is 0 Å². The van der Waals surface area contributed by atoms with Crippen LogP contribution in [-0.4, -0.2) is 31.4 Å². The first kappa shape index (κ1) is 13.9. The molecule has 0 bridgehead atoms. The van der Waals surface area contributed by atoms with E-state index in [0.29, 0.717) is 11.3 Å². The number of ether oxygens (including phenoxy) is 1. The fourth-order valence-electron chi connectivity index (χ4n) is 1.60. The van der Waals surface area contributed by atoms with Gasteiger partial charge in [-0.1, -0.05) is 0 Å². The van der Waals surface area contributed by atoms with Gasteiger partial charge in [0.2, 0.25) is 0 Å². The van der Waals surface area contributed by atoms with Gasteiger partial charge >= 0.3 is 5.97 Å². The summed E-state index contributed by atoms with van der Waals surface area (Å²) in [5.41, 5.74) is 1.59. The summed E-state index contributed by atoms with van der Waals surface area (Å²) in [6.45, 7) is 9.04. The summed E-state index contributed by atoms with van der Waals surface area (Å²) in [5, 5.41) is 12.3. The molecular formula is C12H15BrN4O2. The van der Waals surface area contributed by atoms with Gasteiger partial charge < -0.3 is 4.74 Å². The van der Waals surface area contributed by atoms with Crippen LogP contribution in [0.4, 0.5) is 0 Å². The standard InChI is InChI=1S/C12H15BrN4O2/c1-6-8(13)10-15-14-9(7(2)17(10)16-6)11(18)19-12(3,4)5/h1-5H3. The van der Waals surface area contributed by atoms with Crippen LogP contribution >= 0.6 is 15.9 Å². The zero-order valence-corrected chi connectivity index (χ0v) is 13.1. The Balaban J connectivity index is 2.52. The molecule has 0 fully saturated rings. The lowest BCUT2D eigenvalue weighted by atomic mass is 10.2. The summed E-state index contributed by atoms with van der Waals surface area (Å²) >= 11 is 3.39. The molecule has 19 heavy (non-hydrogen) atoms. The average Bonchev–Trinajstić information content (AvgIpc) is 2.55. The van der Waals surface area contributed by atoms with Gasteiger partial charge in [-0.05, 0) is 50.5 Å². The van der Waals surface area contributed by atoms with Crippen molar-refractivity contribution in [1.82, 2.24) is 19.8 Å². The van der Waals surface area contributed by atoms with Crippen molar-refractivity contribution in [2.75, 3.05) is 0 Å². The topological polar surface area (TPSA) is 69.4 Å². The van der Waals surface area contributed by atoms with Gasteiger partial charge in [0.25, 0.3) is 0 Å². The average molecular weight is 327 g/mol. The summed E-state index contributed by atoms with van der Waals surface area (Å²) < 4.78 is 7.66. The summed E-state index contributed by atoms with van der Waals surface area (Å²) in [6, 6.07) is 0. The number of carbonyl (C=O) groups excluding carboxylic acids is 1. The summed E-state index contributed by atoms with van der Waals surface area (Å²) in [7, 11) is 0. The number of nitrogens with zero attached hydrogens (tertiary/aromatic N) is 4. The third-order valence-electron chi connectivity index (χ3n) is 2.46. The molecule has 2 aromatic rings. The van der Waals surface area contributed by atoms with Crippen LogP contribution in [0.3, 0.4) is 0 Å². The van der Waals surface area contributed by atoms with E-state index in [-0.39, 0.29) is 5.69 Å². The highest BCUT2D eigenvalue weighted by Gasteiger charge is 2.23. The molecule has 0 radical (unpaired) electrons. The van der Waals surface area contributed by atoms with Crippen molar-refractivity contribution in [3.8, 4) is 0 Å². The van der Waals surface area contributed by atoms with Crippen LogP contribution in [0.2, 0.25) is 0 Å². The molecule has 6 nitrogen and oxygen atoms in total. The first-order valence-corrected chi connectivity index (χ1v) is 6.61. The van der Waals surface area contributed by atoms with Crippen LogP contribution in [0.15, 0.2) is 4.47 Å². The van der Waals surface area contributed by atoms with Crippen molar-refractivity contribution < 1.29 is 9.53 Å². The van der Waals surface area contributed by atoms with E-state index in [0.717, 1.165) is 10.2 Å². The third-order valence-corrected chi connectivity index (χ3v) is 3.39. The van der Waals surface area contributed by atoms with Crippen molar-refractivity contribution in [2.24, 2.45) is 0 Å². The van der Waals surface area contributed by atoms with Crippen LogP contribution < -0.4 is 0 Å². The van der Waals surface area contributed by atoms with Crippen molar-refractivity contribution in [1.29, 1.82) is 0 Å². The predicted molar refractivity (Wildman–Crippen MR) is 73.1 cm³/mol. The molecule has 102 valence electrons. The van der Waals surface area contributed by atoms with Gasteiger partial charge in [-0.2, -0.15) is 5.10 Å². The first-order valence-electron chi connectivity index (χ1n) is 5.82. The second-order valence-corrected chi connectivity index (χ2v) is 6.06. The first-order chi connectivity index (χ1) is 8.70. The fourth-order valence-corrected chi connectivity index (χ4v) is 1.93.